The summed E-state index contributed by atoms with van der Waals surface area (Å²) < 4.78 is 0. The Morgan fingerprint density at radius 1 is 1.50 bits per heavy atom. The van der Waals surface area contributed by atoms with Crippen LogP contribution in [0.5, 0.6) is 0 Å². The Balaban J connectivity index is 2.25. The molecule has 0 bridgehead atoms. The zero-order valence-electron chi connectivity index (χ0n) is 10.3. The molecule has 2 N–H and O–H groups in total. The molecule has 0 aliphatic carbocycles. The van der Waals surface area contributed by atoms with E-state index in [1.54, 1.807) is 11.3 Å². The molecule has 0 aliphatic heterocycles. The largest absolute Gasteiger partial charge is 0.481 e. The van der Waals surface area contributed by atoms with Crippen LogP contribution in [0.25, 0.3) is 10.2 Å². The van der Waals surface area contributed by atoms with Gasteiger partial charge in [0.05, 0.1) is 11.8 Å². The fraction of sp³-hybridized carbons (Fsp3) is 0.417. The normalized spacial score (nSPS) is 12.8. The van der Waals surface area contributed by atoms with Crippen LogP contribution in [0, 0.1) is 5.92 Å². The van der Waals surface area contributed by atoms with Crippen molar-refractivity contribution in [2.75, 3.05) is 5.32 Å². The standard InChI is InChI=1S/C12H15N3O2S/c1-7(2)9(5-10(16)17)15-11-8-3-4-18-12(8)14-6-13-11/h3-4,6-7,9H,5H2,1-2H3,(H,16,17)(H,13,14,15). The van der Waals surface area contributed by atoms with Gasteiger partial charge in [-0.15, -0.1) is 11.3 Å². The van der Waals surface area contributed by atoms with Crippen LogP contribution in [0.3, 0.4) is 0 Å². The number of hydrogen-bond donors (Lipinski definition) is 2. The van der Waals surface area contributed by atoms with E-state index in [0.29, 0.717) is 5.82 Å². The lowest BCUT2D eigenvalue weighted by Gasteiger charge is -2.21. The summed E-state index contributed by atoms with van der Waals surface area (Å²) >= 11 is 1.54. The van der Waals surface area contributed by atoms with Crippen LogP contribution in [0.4, 0.5) is 5.82 Å². The van der Waals surface area contributed by atoms with E-state index in [1.807, 2.05) is 25.3 Å². The van der Waals surface area contributed by atoms with E-state index in [-0.39, 0.29) is 18.4 Å². The lowest BCUT2D eigenvalue weighted by atomic mass is 10.0. The zero-order valence-corrected chi connectivity index (χ0v) is 11.1. The fourth-order valence-corrected chi connectivity index (χ4v) is 2.45. The van der Waals surface area contributed by atoms with Gasteiger partial charge in [-0.3, -0.25) is 4.79 Å². The molecule has 1 unspecified atom stereocenters. The molecule has 0 fully saturated rings. The van der Waals surface area contributed by atoms with Gasteiger partial charge >= 0.3 is 5.97 Å². The Kier molecular flexibility index (Phi) is 3.76. The molecule has 0 aliphatic rings. The summed E-state index contributed by atoms with van der Waals surface area (Å²) in [4.78, 5) is 20.1. The van der Waals surface area contributed by atoms with Crippen molar-refractivity contribution in [2.45, 2.75) is 26.3 Å². The van der Waals surface area contributed by atoms with E-state index < -0.39 is 5.97 Å². The predicted octanol–water partition coefficient (Wildman–Crippen LogP) is 2.60. The molecule has 0 saturated carbocycles. The van der Waals surface area contributed by atoms with Gasteiger partial charge in [0.1, 0.15) is 17.0 Å². The summed E-state index contributed by atoms with van der Waals surface area (Å²) in [6, 6.07) is 1.81. The van der Waals surface area contributed by atoms with Crippen molar-refractivity contribution in [3.63, 3.8) is 0 Å². The molecular formula is C12H15N3O2S. The number of aromatic nitrogens is 2. The second-order valence-electron chi connectivity index (χ2n) is 4.45. The molecule has 0 aromatic carbocycles. The number of hydrogen-bond acceptors (Lipinski definition) is 5. The van der Waals surface area contributed by atoms with Crippen LogP contribution in [0.15, 0.2) is 17.8 Å². The number of thiophene rings is 1. The third kappa shape index (κ3) is 2.76. The molecular weight excluding hydrogens is 250 g/mol. The predicted molar refractivity (Wildman–Crippen MR) is 71.9 cm³/mol. The average Bonchev–Trinajstić information content (AvgIpc) is 2.76. The van der Waals surface area contributed by atoms with Crippen molar-refractivity contribution in [2.24, 2.45) is 5.92 Å². The second-order valence-corrected chi connectivity index (χ2v) is 5.35. The quantitative estimate of drug-likeness (QED) is 0.869. The minimum Gasteiger partial charge on any atom is -0.481 e. The van der Waals surface area contributed by atoms with Crippen molar-refractivity contribution in [1.82, 2.24) is 9.97 Å². The van der Waals surface area contributed by atoms with Crippen LogP contribution in [0.1, 0.15) is 20.3 Å². The Morgan fingerprint density at radius 2 is 2.28 bits per heavy atom. The number of aliphatic carboxylic acids is 1. The average molecular weight is 265 g/mol. The summed E-state index contributed by atoms with van der Waals surface area (Å²) in [7, 11) is 0. The molecule has 96 valence electrons. The minimum absolute atomic E-state index is 0.0767. The van der Waals surface area contributed by atoms with Gasteiger partial charge in [-0.2, -0.15) is 0 Å². The maximum atomic E-state index is 10.8. The highest BCUT2D eigenvalue weighted by Crippen LogP contribution is 2.25. The first kappa shape index (κ1) is 12.8. The second kappa shape index (κ2) is 5.30. The maximum Gasteiger partial charge on any atom is 0.305 e. The van der Waals surface area contributed by atoms with E-state index in [9.17, 15) is 4.79 Å². The van der Waals surface area contributed by atoms with Gasteiger partial charge in [0.2, 0.25) is 0 Å². The van der Waals surface area contributed by atoms with E-state index in [4.69, 9.17) is 5.11 Å². The summed E-state index contributed by atoms with van der Waals surface area (Å²) in [5.41, 5.74) is 0. The van der Waals surface area contributed by atoms with Crippen molar-refractivity contribution >= 4 is 33.3 Å². The molecule has 0 saturated heterocycles. The molecule has 2 aromatic rings. The summed E-state index contributed by atoms with van der Waals surface area (Å²) in [5.74, 6) is 0.114. The Hall–Kier alpha value is -1.69. The number of carbonyl (C=O) groups is 1. The topological polar surface area (TPSA) is 75.1 Å². The molecule has 5 nitrogen and oxygen atoms in total. The number of anilines is 1. The summed E-state index contributed by atoms with van der Waals surface area (Å²) in [6.07, 6.45) is 1.58. The van der Waals surface area contributed by atoms with Gasteiger partial charge in [0, 0.05) is 6.04 Å². The molecule has 0 spiro atoms. The van der Waals surface area contributed by atoms with Crippen molar-refractivity contribution < 1.29 is 9.90 Å². The SMILES string of the molecule is CC(C)C(CC(=O)O)Nc1ncnc2sccc12. The maximum absolute atomic E-state index is 10.8. The Morgan fingerprint density at radius 3 is 2.94 bits per heavy atom. The van der Waals surface area contributed by atoms with E-state index in [0.717, 1.165) is 10.2 Å². The lowest BCUT2D eigenvalue weighted by Crippen LogP contribution is -2.29. The van der Waals surface area contributed by atoms with E-state index in [1.165, 1.54) is 6.33 Å². The fourth-order valence-electron chi connectivity index (χ4n) is 1.72. The smallest absolute Gasteiger partial charge is 0.305 e. The number of rotatable bonds is 5. The molecule has 18 heavy (non-hydrogen) atoms. The van der Waals surface area contributed by atoms with Gasteiger partial charge in [-0.25, -0.2) is 9.97 Å². The Bertz CT molecular complexity index is 553. The molecule has 2 heterocycles. The Labute approximate surface area is 109 Å². The third-order valence-corrected chi connectivity index (χ3v) is 3.60. The van der Waals surface area contributed by atoms with Crippen LogP contribution in [0.2, 0.25) is 0 Å². The number of nitrogens with one attached hydrogen (secondary N) is 1. The highest BCUT2D eigenvalue weighted by atomic mass is 32.1. The molecule has 1 atom stereocenters. The third-order valence-electron chi connectivity index (χ3n) is 2.78. The van der Waals surface area contributed by atoms with Crippen LogP contribution >= 0.6 is 11.3 Å². The zero-order chi connectivity index (χ0) is 13.1. The van der Waals surface area contributed by atoms with Gasteiger partial charge in [-0.1, -0.05) is 13.8 Å². The van der Waals surface area contributed by atoms with Gasteiger partial charge in [-0.05, 0) is 17.4 Å². The van der Waals surface area contributed by atoms with Crippen LogP contribution in [-0.2, 0) is 4.79 Å². The number of fused-ring (bicyclic) bond motifs is 1. The number of carboxylic acids is 1. The van der Waals surface area contributed by atoms with Crippen molar-refractivity contribution in [1.29, 1.82) is 0 Å². The first-order valence-corrected chi connectivity index (χ1v) is 6.62. The number of carboxylic acid groups (broad SMARTS) is 1. The van der Waals surface area contributed by atoms with E-state index >= 15 is 0 Å². The summed E-state index contributed by atoms with van der Waals surface area (Å²) in [5, 5.41) is 15.0. The summed E-state index contributed by atoms with van der Waals surface area (Å²) in [6.45, 7) is 3.99. The number of nitrogens with zero attached hydrogens (tertiary/aromatic N) is 2. The molecule has 2 aromatic heterocycles. The van der Waals surface area contributed by atoms with Crippen molar-refractivity contribution in [3.8, 4) is 0 Å². The van der Waals surface area contributed by atoms with Gasteiger partial charge < -0.3 is 10.4 Å². The first-order valence-electron chi connectivity index (χ1n) is 5.74. The monoisotopic (exact) mass is 265 g/mol. The van der Waals surface area contributed by atoms with Crippen molar-refractivity contribution in [3.05, 3.63) is 17.8 Å². The molecule has 0 radical (unpaired) electrons. The van der Waals surface area contributed by atoms with Gasteiger partial charge in [0.25, 0.3) is 0 Å². The first-order chi connectivity index (χ1) is 8.58. The van der Waals surface area contributed by atoms with Gasteiger partial charge in [0.15, 0.2) is 0 Å². The van der Waals surface area contributed by atoms with Crippen LogP contribution < -0.4 is 5.32 Å². The minimum atomic E-state index is -0.809. The highest BCUT2D eigenvalue weighted by molar-refractivity contribution is 7.16. The lowest BCUT2D eigenvalue weighted by molar-refractivity contribution is -0.137. The van der Waals surface area contributed by atoms with Crippen LogP contribution in [-0.4, -0.2) is 27.1 Å². The van der Waals surface area contributed by atoms with E-state index in [2.05, 4.69) is 15.3 Å². The highest BCUT2D eigenvalue weighted by Gasteiger charge is 2.18. The molecule has 0 amide bonds. The molecule has 6 heteroatoms. The molecule has 2 rings (SSSR count).